The number of aliphatic hydroxyl groups is 1. The summed E-state index contributed by atoms with van der Waals surface area (Å²) < 4.78 is 0. The summed E-state index contributed by atoms with van der Waals surface area (Å²) in [6, 6.07) is 7.71. The SMILES string of the molecule is CSc1ccccc1NC(=O)CSCCO. The lowest BCUT2D eigenvalue weighted by Crippen LogP contribution is -2.15. The Morgan fingerprint density at radius 1 is 1.44 bits per heavy atom. The first-order chi connectivity index (χ1) is 7.77. The third-order valence-electron chi connectivity index (χ3n) is 1.85. The Morgan fingerprint density at radius 3 is 2.88 bits per heavy atom. The van der Waals surface area contributed by atoms with Gasteiger partial charge in [-0.25, -0.2) is 0 Å². The van der Waals surface area contributed by atoms with E-state index in [1.807, 2.05) is 30.5 Å². The predicted molar refractivity (Wildman–Crippen MR) is 71.3 cm³/mol. The van der Waals surface area contributed by atoms with E-state index >= 15 is 0 Å². The van der Waals surface area contributed by atoms with Gasteiger partial charge in [0.05, 0.1) is 18.0 Å². The smallest absolute Gasteiger partial charge is 0.234 e. The summed E-state index contributed by atoms with van der Waals surface area (Å²) in [7, 11) is 0. The summed E-state index contributed by atoms with van der Waals surface area (Å²) in [5.41, 5.74) is 0.851. The van der Waals surface area contributed by atoms with Crippen LogP contribution in [-0.2, 0) is 4.79 Å². The first kappa shape index (κ1) is 13.4. The molecule has 0 saturated carbocycles. The highest BCUT2D eigenvalue weighted by Crippen LogP contribution is 2.24. The Labute approximate surface area is 104 Å². The number of aliphatic hydroxyl groups excluding tert-OH is 1. The molecule has 0 heterocycles. The van der Waals surface area contributed by atoms with E-state index in [4.69, 9.17) is 5.11 Å². The Kier molecular flexibility index (Phi) is 6.37. The standard InChI is InChI=1S/C11H15NO2S2/c1-15-10-5-3-2-4-9(10)12-11(14)8-16-7-6-13/h2-5,13H,6-8H2,1H3,(H,12,14). The van der Waals surface area contributed by atoms with Gasteiger partial charge in [0.1, 0.15) is 0 Å². The van der Waals surface area contributed by atoms with Gasteiger partial charge in [0.15, 0.2) is 0 Å². The molecule has 5 heteroatoms. The number of thioether (sulfide) groups is 2. The van der Waals surface area contributed by atoms with Gasteiger partial charge in [0.25, 0.3) is 0 Å². The minimum Gasteiger partial charge on any atom is -0.396 e. The van der Waals surface area contributed by atoms with Gasteiger partial charge in [0.2, 0.25) is 5.91 Å². The van der Waals surface area contributed by atoms with Gasteiger partial charge in [-0.2, -0.15) is 0 Å². The molecule has 0 aromatic heterocycles. The van der Waals surface area contributed by atoms with Crippen molar-refractivity contribution in [1.29, 1.82) is 0 Å². The summed E-state index contributed by atoms with van der Waals surface area (Å²) >= 11 is 3.03. The number of anilines is 1. The van der Waals surface area contributed by atoms with Gasteiger partial charge in [-0.15, -0.1) is 23.5 Å². The average Bonchev–Trinajstić information content (AvgIpc) is 2.30. The van der Waals surface area contributed by atoms with E-state index < -0.39 is 0 Å². The van der Waals surface area contributed by atoms with Gasteiger partial charge in [-0.3, -0.25) is 4.79 Å². The fourth-order valence-corrected chi connectivity index (χ4v) is 2.25. The lowest BCUT2D eigenvalue weighted by atomic mass is 10.3. The number of carbonyl (C=O) groups is 1. The van der Waals surface area contributed by atoms with Gasteiger partial charge in [0, 0.05) is 10.6 Å². The molecule has 0 bridgehead atoms. The van der Waals surface area contributed by atoms with Crippen molar-refractivity contribution < 1.29 is 9.90 Å². The summed E-state index contributed by atoms with van der Waals surface area (Å²) in [6.07, 6.45) is 1.98. The van der Waals surface area contributed by atoms with E-state index in [2.05, 4.69) is 5.32 Å². The van der Waals surface area contributed by atoms with Crippen molar-refractivity contribution in [3.63, 3.8) is 0 Å². The first-order valence-corrected chi connectivity index (χ1v) is 7.27. The largest absolute Gasteiger partial charge is 0.396 e. The Balaban J connectivity index is 2.49. The van der Waals surface area contributed by atoms with Crippen LogP contribution in [0, 0.1) is 0 Å². The Hall–Kier alpha value is -0.650. The van der Waals surface area contributed by atoms with Crippen molar-refractivity contribution in [2.75, 3.05) is 29.7 Å². The second kappa shape index (κ2) is 7.60. The van der Waals surface area contributed by atoms with E-state index in [0.717, 1.165) is 10.6 Å². The highest BCUT2D eigenvalue weighted by Gasteiger charge is 2.05. The first-order valence-electron chi connectivity index (χ1n) is 4.89. The number of amides is 1. The molecule has 2 N–H and O–H groups in total. The number of carbonyl (C=O) groups excluding carboxylic acids is 1. The lowest BCUT2D eigenvalue weighted by molar-refractivity contribution is -0.113. The van der Waals surface area contributed by atoms with Crippen molar-refractivity contribution >= 4 is 35.1 Å². The van der Waals surface area contributed by atoms with Crippen LogP contribution in [0.2, 0.25) is 0 Å². The van der Waals surface area contributed by atoms with E-state index in [-0.39, 0.29) is 12.5 Å². The van der Waals surface area contributed by atoms with Crippen molar-refractivity contribution in [1.82, 2.24) is 0 Å². The fourth-order valence-electron chi connectivity index (χ4n) is 1.16. The van der Waals surface area contributed by atoms with Crippen LogP contribution in [0.3, 0.4) is 0 Å². The number of benzene rings is 1. The quantitative estimate of drug-likeness (QED) is 0.605. The number of hydrogen-bond donors (Lipinski definition) is 2. The second-order valence-electron chi connectivity index (χ2n) is 3.02. The van der Waals surface area contributed by atoms with Crippen LogP contribution in [0.25, 0.3) is 0 Å². The molecule has 1 amide bonds. The maximum absolute atomic E-state index is 11.5. The molecule has 0 unspecified atom stereocenters. The molecule has 1 rings (SSSR count). The topological polar surface area (TPSA) is 49.3 Å². The molecular formula is C11H15NO2S2. The number of hydrogen-bond acceptors (Lipinski definition) is 4. The third-order valence-corrected chi connectivity index (χ3v) is 3.58. The molecule has 3 nitrogen and oxygen atoms in total. The van der Waals surface area contributed by atoms with Crippen molar-refractivity contribution in [2.45, 2.75) is 4.90 Å². The Bertz CT molecular complexity index is 345. The van der Waals surface area contributed by atoms with Crippen LogP contribution in [-0.4, -0.2) is 35.4 Å². The minimum atomic E-state index is -0.0278. The van der Waals surface area contributed by atoms with Crippen LogP contribution in [0.15, 0.2) is 29.2 Å². The molecule has 0 spiro atoms. The fraction of sp³-hybridized carbons (Fsp3) is 0.364. The molecule has 0 fully saturated rings. The lowest BCUT2D eigenvalue weighted by Gasteiger charge is -2.08. The summed E-state index contributed by atoms with van der Waals surface area (Å²) in [6.45, 7) is 0.110. The molecule has 0 aliphatic heterocycles. The van der Waals surface area contributed by atoms with Gasteiger partial charge in [-0.1, -0.05) is 12.1 Å². The molecule has 0 radical (unpaired) electrons. The van der Waals surface area contributed by atoms with E-state index in [0.29, 0.717) is 11.5 Å². The summed E-state index contributed by atoms with van der Waals surface area (Å²) in [4.78, 5) is 12.6. The Morgan fingerprint density at radius 2 is 2.19 bits per heavy atom. The average molecular weight is 257 g/mol. The van der Waals surface area contributed by atoms with Gasteiger partial charge < -0.3 is 10.4 Å². The monoisotopic (exact) mass is 257 g/mol. The molecule has 1 aromatic rings. The highest BCUT2D eigenvalue weighted by atomic mass is 32.2. The molecule has 88 valence electrons. The molecule has 0 atom stereocenters. The zero-order valence-corrected chi connectivity index (χ0v) is 10.7. The zero-order chi connectivity index (χ0) is 11.8. The van der Waals surface area contributed by atoms with Gasteiger partial charge in [-0.05, 0) is 18.4 Å². The van der Waals surface area contributed by atoms with Crippen LogP contribution >= 0.6 is 23.5 Å². The van der Waals surface area contributed by atoms with Crippen LogP contribution in [0.5, 0.6) is 0 Å². The summed E-state index contributed by atoms with van der Waals surface area (Å²) in [5, 5.41) is 11.5. The molecule has 1 aromatic carbocycles. The maximum Gasteiger partial charge on any atom is 0.234 e. The number of nitrogens with one attached hydrogen (secondary N) is 1. The van der Waals surface area contributed by atoms with Crippen LogP contribution in [0.4, 0.5) is 5.69 Å². The normalized spacial score (nSPS) is 10.1. The van der Waals surface area contributed by atoms with Crippen molar-refractivity contribution in [3.8, 4) is 0 Å². The zero-order valence-electron chi connectivity index (χ0n) is 9.10. The van der Waals surface area contributed by atoms with E-state index in [1.165, 1.54) is 11.8 Å². The maximum atomic E-state index is 11.5. The third kappa shape index (κ3) is 4.47. The van der Waals surface area contributed by atoms with E-state index in [1.54, 1.807) is 11.8 Å². The molecule has 0 aliphatic carbocycles. The molecule has 0 aliphatic rings. The van der Waals surface area contributed by atoms with Gasteiger partial charge >= 0.3 is 0 Å². The minimum absolute atomic E-state index is 0.0278. The van der Waals surface area contributed by atoms with Crippen LogP contribution in [0.1, 0.15) is 0 Å². The van der Waals surface area contributed by atoms with Crippen molar-refractivity contribution in [2.24, 2.45) is 0 Å². The number of para-hydroxylation sites is 1. The molecule has 16 heavy (non-hydrogen) atoms. The van der Waals surface area contributed by atoms with E-state index in [9.17, 15) is 4.79 Å². The molecule has 0 saturated heterocycles. The summed E-state index contributed by atoms with van der Waals surface area (Å²) in [5.74, 6) is 0.945. The number of rotatable bonds is 6. The van der Waals surface area contributed by atoms with Crippen LogP contribution < -0.4 is 5.32 Å². The second-order valence-corrected chi connectivity index (χ2v) is 4.98. The molecular weight excluding hydrogens is 242 g/mol. The van der Waals surface area contributed by atoms with Crippen molar-refractivity contribution in [3.05, 3.63) is 24.3 Å². The highest BCUT2D eigenvalue weighted by molar-refractivity contribution is 8.00. The predicted octanol–water partition coefficient (Wildman–Crippen LogP) is 2.07.